The van der Waals surface area contributed by atoms with Gasteiger partial charge in [0.25, 0.3) is 0 Å². The van der Waals surface area contributed by atoms with E-state index in [9.17, 15) is 18.0 Å². The van der Waals surface area contributed by atoms with Crippen molar-refractivity contribution in [3.05, 3.63) is 47.7 Å². The molecule has 6 nitrogen and oxygen atoms in total. The number of hydrogen-bond donors (Lipinski definition) is 2. The van der Waals surface area contributed by atoms with Crippen LogP contribution in [0, 0.1) is 5.92 Å². The fraction of sp³-hybridized carbons (Fsp3) is 0.421. The van der Waals surface area contributed by atoms with E-state index < -0.39 is 12.1 Å². The lowest BCUT2D eigenvalue weighted by Gasteiger charge is -2.26. The molecule has 3 aromatic rings. The minimum atomic E-state index is -4.23. The maximum atomic E-state index is 13.0. The fourth-order valence-corrected chi connectivity index (χ4v) is 3.63. The average Bonchev–Trinajstić information content (AvgIpc) is 3.27. The van der Waals surface area contributed by atoms with E-state index in [0.717, 1.165) is 16.5 Å². The molecule has 4 rings (SSSR count). The number of fused-ring (bicyclic) bond motifs is 2. The molecule has 1 aromatic carbocycles. The molecule has 0 saturated carbocycles. The zero-order valence-electron chi connectivity index (χ0n) is 15.1. The first-order valence-corrected chi connectivity index (χ1v) is 9.21. The predicted octanol–water partition coefficient (Wildman–Crippen LogP) is 3.13. The molecule has 0 radical (unpaired) electrons. The van der Waals surface area contributed by atoms with Crippen LogP contribution in [-0.4, -0.2) is 31.8 Å². The molecule has 0 unspecified atom stereocenters. The predicted molar refractivity (Wildman–Crippen MR) is 96.4 cm³/mol. The molecule has 0 fully saturated rings. The van der Waals surface area contributed by atoms with Gasteiger partial charge in [-0.3, -0.25) is 4.79 Å². The number of aryl methyl sites for hydroxylation is 2. The average molecular weight is 391 g/mol. The summed E-state index contributed by atoms with van der Waals surface area (Å²) in [7, 11) is 0. The third kappa shape index (κ3) is 3.74. The molecule has 0 aliphatic carbocycles. The molecular formula is C19H20F3N5O. The summed E-state index contributed by atoms with van der Waals surface area (Å²) in [6.45, 7) is -0.114. The molecule has 0 spiro atoms. The quantitative estimate of drug-likeness (QED) is 0.702. The molecule has 0 bridgehead atoms. The summed E-state index contributed by atoms with van der Waals surface area (Å²) in [4.78, 5) is 15.4. The maximum Gasteiger partial charge on any atom is 0.393 e. The number of carbonyl (C=O) groups is 1. The second-order valence-electron chi connectivity index (χ2n) is 7.06. The zero-order chi connectivity index (χ0) is 19.7. The highest BCUT2D eigenvalue weighted by Gasteiger charge is 2.42. The van der Waals surface area contributed by atoms with Crippen molar-refractivity contribution in [2.45, 2.75) is 44.9 Å². The van der Waals surface area contributed by atoms with Crippen LogP contribution in [0.3, 0.4) is 0 Å². The maximum absolute atomic E-state index is 13.0. The smallest absolute Gasteiger partial charge is 0.361 e. The van der Waals surface area contributed by atoms with Crippen LogP contribution in [0.25, 0.3) is 10.9 Å². The van der Waals surface area contributed by atoms with Crippen molar-refractivity contribution >= 4 is 16.8 Å². The summed E-state index contributed by atoms with van der Waals surface area (Å²) >= 11 is 0. The summed E-state index contributed by atoms with van der Waals surface area (Å²) in [5.41, 5.74) is 2.07. The molecular weight excluding hydrogens is 371 g/mol. The first-order valence-electron chi connectivity index (χ1n) is 9.21. The van der Waals surface area contributed by atoms with E-state index in [1.807, 2.05) is 30.5 Å². The van der Waals surface area contributed by atoms with Crippen LogP contribution in [0.4, 0.5) is 13.2 Å². The first kappa shape index (κ1) is 18.5. The highest BCUT2D eigenvalue weighted by atomic mass is 19.4. The van der Waals surface area contributed by atoms with E-state index in [2.05, 4.69) is 20.5 Å². The number of aromatic nitrogens is 4. The van der Waals surface area contributed by atoms with Crippen molar-refractivity contribution in [1.29, 1.82) is 0 Å². The van der Waals surface area contributed by atoms with Crippen molar-refractivity contribution in [1.82, 2.24) is 25.1 Å². The summed E-state index contributed by atoms with van der Waals surface area (Å²) in [6.07, 6.45) is -1.21. The Morgan fingerprint density at radius 3 is 2.93 bits per heavy atom. The molecule has 1 atom stereocenters. The summed E-state index contributed by atoms with van der Waals surface area (Å²) in [5.74, 6) is -0.661. The lowest BCUT2D eigenvalue weighted by molar-refractivity contribution is -0.182. The van der Waals surface area contributed by atoms with Crippen LogP contribution in [0.5, 0.6) is 0 Å². The highest BCUT2D eigenvalue weighted by molar-refractivity contribution is 5.84. The normalized spacial score (nSPS) is 16.9. The number of nitrogens with zero attached hydrogens (tertiary/aromatic N) is 3. The number of alkyl halides is 3. The lowest BCUT2D eigenvalue weighted by atomic mass is 9.99. The lowest BCUT2D eigenvalue weighted by Crippen LogP contribution is -2.34. The van der Waals surface area contributed by atoms with Crippen LogP contribution in [0.1, 0.15) is 30.1 Å². The fourth-order valence-electron chi connectivity index (χ4n) is 3.63. The Morgan fingerprint density at radius 1 is 1.29 bits per heavy atom. The number of rotatable bonds is 5. The molecule has 2 N–H and O–H groups in total. The first-order chi connectivity index (χ1) is 13.4. The van der Waals surface area contributed by atoms with Gasteiger partial charge in [0.15, 0.2) is 5.82 Å². The van der Waals surface area contributed by atoms with Gasteiger partial charge >= 0.3 is 6.18 Å². The monoisotopic (exact) mass is 391 g/mol. The standard InChI is InChI=1S/C19H20F3N5O/c20-19(21,22)13-6-7-16-25-26-17(27(16)11-13)10-24-18(28)8-5-12-9-23-15-4-2-1-3-14(12)15/h1-4,9,13,23H,5-8,10-11H2,(H,24,28)/t13-/m1/s1. The number of H-pyrrole nitrogens is 1. The van der Waals surface area contributed by atoms with Gasteiger partial charge < -0.3 is 14.9 Å². The van der Waals surface area contributed by atoms with E-state index in [1.54, 1.807) is 0 Å². The van der Waals surface area contributed by atoms with Gasteiger partial charge in [0, 0.05) is 36.5 Å². The SMILES string of the molecule is O=C(CCc1c[nH]c2ccccc12)NCc1nnc2n1C[C@H](C(F)(F)F)CC2. The van der Waals surface area contributed by atoms with Crippen LogP contribution in [-0.2, 0) is 30.7 Å². The number of carbonyl (C=O) groups excluding carboxylic acids is 1. The topological polar surface area (TPSA) is 75.6 Å². The van der Waals surface area contributed by atoms with E-state index in [-0.39, 0.29) is 38.3 Å². The second kappa shape index (κ2) is 7.29. The number of hydrogen-bond acceptors (Lipinski definition) is 3. The molecule has 1 amide bonds. The Balaban J connectivity index is 1.34. The zero-order valence-corrected chi connectivity index (χ0v) is 15.1. The number of amides is 1. The van der Waals surface area contributed by atoms with Crippen LogP contribution in [0.15, 0.2) is 30.5 Å². The molecule has 28 heavy (non-hydrogen) atoms. The van der Waals surface area contributed by atoms with E-state index >= 15 is 0 Å². The number of benzene rings is 1. The van der Waals surface area contributed by atoms with Gasteiger partial charge in [-0.25, -0.2) is 0 Å². The van der Waals surface area contributed by atoms with Crippen LogP contribution in [0.2, 0.25) is 0 Å². The van der Waals surface area contributed by atoms with Crippen molar-refractivity contribution in [2.24, 2.45) is 5.92 Å². The minimum Gasteiger partial charge on any atom is -0.361 e. The van der Waals surface area contributed by atoms with Gasteiger partial charge in [0.05, 0.1) is 12.5 Å². The van der Waals surface area contributed by atoms with Crippen molar-refractivity contribution < 1.29 is 18.0 Å². The molecule has 0 saturated heterocycles. The molecule has 9 heteroatoms. The number of aromatic amines is 1. The van der Waals surface area contributed by atoms with Gasteiger partial charge in [0.1, 0.15) is 5.82 Å². The summed E-state index contributed by atoms with van der Waals surface area (Å²) in [6, 6.07) is 7.86. The summed E-state index contributed by atoms with van der Waals surface area (Å²) in [5, 5.41) is 11.8. The Labute approximate surface area is 159 Å². The van der Waals surface area contributed by atoms with Gasteiger partial charge in [-0.15, -0.1) is 10.2 Å². The van der Waals surface area contributed by atoms with Gasteiger partial charge in [-0.05, 0) is 24.5 Å². The van der Waals surface area contributed by atoms with E-state index in [4.69, 9.17) is 0 Å². The summed E-state index contributed by atoms with van der Waals surface area (Å²) < 4.78 is 40.5. The Bertz CT molecular complexity index is 991. The molecule has 3 heterocycles. The largest absolute Gasteiger partial charge is 0.393 e. The number of halogens is 3. The minimum absolute atomic E-state index is 0.0264. The third-order valence-corrected chi connectivity index (χ3v) is 5.23. The number of para-hydroxylation sites is 1. The van der Waals surface area contributed by atoms with E-state index in [1.165, 1.54) is 4.57 Å². The highest BCUT2D eigenvalue weighted by Crippen LogP contribution is 2.34. The Morgan fingerprint density at radius 2 is 2.11 bits per heavy atom. The number of nitrogens with one attached hydrogen (secondary N) is 2. The van der Waals surface area contributed by atoms with Gasteiger partial charge in [-0.2, -0.15) is 13.2 Å². The van der Waals surface area contributed by atoms with Gasteiger partial charge in [0.2, 0.25) is 5.91 Å². The molecule has 2 aromatic heterocycles. The van der Waals surface area contributed by atoms with Gasteiger partial charge in [-0.1, -0.05) is 18.2 Å². The third-order valence-electron chi connectivity index (χ3n) is 5.23. The van der Waals surface area contributed by atoms with Crippen molar-refractivity contribution in [2.75, 3.05) is 0 Å². The molecule has 1 aliphatic rings. The van der Waals surface area contributed by atoms with Crippen LogP contribution < -0.4 is 5.32 Å². The Kier molecular flexibility index (Phi) is 4.82. The van der Waals surface area contributed by atoms with Crippen molar-refractivity contribution in [3.8, 4) is 0 Å². The van der Waals surface area contributed by atoms with Crippen LogP contribution >= 0.6 is 0 Å². The molecule has 148 valence electrons. The second-order valence-corrected chi connectivity index (χ2v) is 7.06. The van der Waals surface area contributed by atoms with E-state index in [0.29, 0.717) is 18.1 Å². The molecule has 1 aliphatic heterocycles. The Hall–Kier alpha value is -2.84. The van der Waals surface area contributed by atoms with Crippen molar-refractivity contribution in [3.63, 3.8) is 0 Å².